The molecule has 0 spiro atoms. The summed E-state index contributed by atoms with van der Waals surface area (Å²) in [6.07, 6.45) is 5.79. The highest BCUT2D eigenvalue weighted by atomic mass is 16.5. The van der Waals surface area contributed by atoms with Gasteiger partial charge in [-0.2, -0.15) is 10.2 Å². The number of carbonyl (C=O) groups excluding carboxylic acids is 2. The second-order valence-corrected chi connectivity index (χ2v) is 12.1. The van der Waals surface area contributed by atoms with Gasteiger partial charge in [0.05, 0.1) is 25.6 Å². The molecule has 1 aliphatic rings. The fourth-order valence-electron chi connectivity index (χ4n) is 6.04. The number of rotatable bonds is 10. The molecule has 0 radical (unpaired) electrons. The molecule has 8 N–H and O–H groups in total. The van der Waals surface area contributed by atoms with Gasteiger partial charge < -0.3 is 31.2 Å². The van der Waals surface area contributed by atoms with E-state index in [0.29, 0.717) is 83.8 Å². The second-order valence-electron chi connectivity index (χ2n) is 12.1. The van der Waals surface area contributed by atoms with Crippen molar-refractivity contribution in [1.82, 2.24) is 10.9 Å². The molecule has 4 aromatic carbocycles. The van der Waals surface area contributed by atoms with E-state index < -0.39 is 12.1 Å². The number of hydrazone groups is 2. The van der Waals surface area contributed by atoms with Crippen LogP contribution in [0.3, 0.4) is 0 Å². The molecule has 0 heterocycles. The average molecular weight is 679 g/mol. The molecule has 0 fully saturated rings. The van der Waals surface area contributed by atoms with Crippen molar-refractivity contribution < 1.29 is 29.3 Å². The van der Waals surface area contributed by atoms with Gasteiger partial charge in [-0.25, -0.2) is 20.4 Å². The summed E-state index contributed by atoms with van der Waals surface area (Å²) in [4.78, 5) is 22.6. The number of fused-ring (bicyclic) bond motifs is 8. The van der Waals surface area contributed by atoms with Crippen molar-refractivity contribution in [1.29, 1.82) is 0 Å². The fourth-order valence-corrected chi connectivity index (χ4v) is 6.04. The quantitative estimate of drug-likeness (QED) is 0.0850. The Bertz CT molecular complexity index is 1710. The van der Waals surface area contributed by atoms with Gasteiger partial charge in [-0.3, -0.25) is 0 Å². The maximum atomic E-state index is 11.8. The number of para-hydroxylation sites is 2. The van der Waals surface area contributed by atoms with E-state index in [0.717, 1.165) is 35.1 Å². The number of phenolic OH excluding ortho intramolecular Hbond substituents is 2. The van der Waals surface area contributed by atoms with Crippen LogP contribution in [0.1, 0.15) is 82.3 Å². The van der Waals surface area contributed by atoms with Crippen LogP contribution < -0.4 is 31.8 Å². The Morgan fingerprint density at radius 1 is 0.640 bits per heavy atom. The molecule has 0 aliphatic heterocycles. The molecule has 1 aliphatic carbocycles. The smallest absolute Gasteiger partial charge is 0.332 e. The van der Waals surface area contributed by atoms with Crippen molar-refractivity contribution in [3.05, 3.63) is 116 Å². The largest absolute Gasteiger partial charge is 0.507 e. The molecule has 8 bridgehead atoms. The van der Waals surface area contributed by atoms with Crippen molar-refractivity contribution in [3.63, 3.8) is 0 Å². The van der Waals surface area contributed by atoms with Crippen LogP contribution in [-0.4, -0.2) is 47.9 Å². The molecule has 0 saturated carbocycles. The number of nitrogens with zero attached hydrogens (tertiary/aromatic N) is 2. The minimum atomic E-state index is -0.788. The van der Waals surface area contributed by atoms with E-state index in [9.17, 15) is 19.8 Å². The maximum absolute atomic E-state index is 11.8. The van der Waals surface area contributed by atoms with Crippen molar-refractivity contribution in [2.75, 3.05) is 13.2 Å². The number of primary amides is 2. The number of urea groups is 2. The van der Waals surface area contributed by atoms with Crippen molar-refractivity contribution in [3.8, 4) is 23.0 Å². The van der Waals surface area contributed by atoms with Crippen molar-refractivity contribution in [2.45, 2.75) is 52.4 Å². The number of nitrogens with two attached hydrogens (primary N) is 2. The predicted octanol–water partition coefficient (Wildman–Crippen LogP) is 5.36. The van der Waals surface area contributed by atoms with Crippen LogP contribution >= 0.6 is 0 Å². The Kier molecular flexibility index (Phi) is 11.6. The summed E-state index contributed by atoms with van der Waals surface area (Å²) in [6.45, 7) is 4.97. The van der Waals surface area contributed by atoms with Gasteiger partial charge in [0.2, 0.25) is 0 Å². The minimum Gasteiger partial charge on any atom is -0.507 e. The third-order valence-corrected chi connectivity index (χ3v) is 8.14. The number of nitrogens with one attached hydrogen (secondary N) is 2. The minimum absolute atomic E-state index is 0.132. The Hall–Kier alpha value is -6.04. The standard InChI is InChI=1S/C38H42N6O6/c1-3-11-49-35-25-7-5-8-26(35)18-30-14-24(22-42-44-38(40)48)16-32(34(30)46)20-28-10-6-9-27(36(28)50-12-4-2)19-31-15-23(21-41-43-37(39)47)13-29(17-25)33(31)45/h5-10,13-16,21-22,45-46H,3-4,11-12,17-20H2,1-2H3,(H3,39,43,47)(H3,40,44,48)/b41-21-,42-22+. The van der Waals surface area contributed by atoms with E-state index in [1.807, 2.05) is 74.5 Å². The molecule has 4 amide bonds. The van der Waals surface area contributed by atoms with Crippen LogP contribution in [0.15, 0.2) is 70.9 Å². The predicted molar refractivity (Wildman–Crippen MR) is 193 cm³/mol. The van der Waals surface area contributed by atoms with Gasteiger partial charge in [0.1, 0.15) is 23.0 Å². The normalized spacial score (nSPS) is 12.5. The number of benzene rings is 4. The molecular weight excluding hydrogens is 636 g/mol. The first kappa shape index (κ1) is 35.3. The van der Waals surface area contributed by atoms with Gasteiger partial charge in [-0.05, 0) is 92.7 Å². The highest BCUT2D eigenvalue weighted by molar-refractivity contribution is 5.84. The first-order valence-electron chi connectivity index (χ1n) is 16.5. The number of ether oxygens (including phenoxy) is 2. The highest BCUT2D eigenvalue weighted by Gasteiger charge is 2.21. The van der Waals surface area contributed by atoms with Crippen LogP contribution in [0.25, 0.3) is 0 Å². The van der Waals surface area contributed by atoms with Crippen LogP contribution in [0.4, 0.5) is 9.59 Å². The molecule has 0 unspecified atom stereocenters. The molecular formula is C38H42N6O6. The summed E-state index contributed by atoms with van der Waals surface area (Å²) < 4.78 is 12.7. The molecule has 260 valence electrons. The zero-order valence-corrected chi connectivity index (χ0v) is 28.2. The summed E-state index contributed by atoms with van der Waals surface area (Å²) in [6, 6.07) is 17.4. The van der Waals surface area contributed by atoms with E-state index >= 15 is 0 Å². The van der Waals surface area contributed by atoms with Gasteiger partial charge in [0.15, 0.2) is 0 Å². The maximum Gasteiger partial charge on any atom is 0.332 e. The van der Waals surface area contributed by atoms with Gasteiger partial charge >= 0.3 is 12.1 Å². The monoisotopic (exact) mass is 678 g/mol. The fraction of sp³-hybridized carbons (Fsp3) is 0.263. The third-order valence-electron chi connectivity index (χ3n) is 8.14. The third kappa shape index (κ3) is 8.70. The van der Waals surface area contributed by atoms with Crippen LogP contribution in [0.5, 0.6) is 23.0 Å². The highest BCUT2D eigenvalue weighted by Crippen LogP contribution is 2.39. The van der Waals surface area contributed by atoms with Gasteiger partial charge in [-0.15, -0.1) is 0 Å². The number of hydrogen-bond acceptors (Lipinski definition) is 8. The summed E-state index contributed by atoms with van der Waals surface area (Å²) in [5, 5.41) is 31.5. The van der Waals surface area contributed by atoms with E-state index in [2.05, 4.69) is 21.1 Å². The molecule has 5 rings (SSSR count). The van der Waals surface area contributed by atoms with E-state index in [4.69, 9.17) is 20.9 Å². The van der Waals surface area contributed by atoms with Crippen molar-refractivity contribution in [2.24, 2.45) is 21.7 Å². The van der Waals surface area contributed by atoms with Gasteiger partial charge in [-0.1, -0.05) is 50.2 Å². The van der Waals surface area contributed by atoms with Crippen LogP contribution in [0.2, 0.25) is 0 Å². The Balaban J connectivity index is 1.76. The Morgan fingerprint density at radius 2 is 0.960 bits per heavy atom. The lowest BCUT2D eigenvalue weighted by Gasteiger charge is -2.21. The topological polar surface area (TPSA) is 194 Å². The molecule has 50 heavy (non-hydrogen) atoms. The van der Waals surface area contributed by atoms with Crippen molar-refractivity contribution >= 4 is 24.5 Å². The summed E-state index contributed by atoms with van der Waals surface area (Å²) in [7, 11) is 0. The lowest BCUT2D eigenvalue weighted by Crippen LogP contribution is -2.24. The zero-order valence-electron chi connectivity index (χ0n) is 28.2. The number of amides is 4. The van der Waals surface area contributed by atoms with Crippen LogP contribution in [-0.2, 0) is 25.7 Å². The molecule has 0 saturated heterocycles. The molecule has 4 aromatic rings. The first-order valence-corrected chi connectivity index (χ1v) is 16.5. The molecule has 0 atom stereocenters. The molecule has 0 aromatic heterocycles. The zero-order chi connectivity index (χ0) is 35.6. The molecule has 12 heteroatoms. The van der Waals surface area contributed by atoms with E-state index in [-0.39, 0.29) is 11.5 Å². The lowest BCUT2D eigenvalue weighted by molar-refractivity contribution is 0.248. The van der Waals surface area contributed by atoms with Gasteiger partial charge in [0.25, 0.3) is 0 Å². The van der Waals surface area contributed by atoms with E-state index in [1.54, 1.807) is 0 Å². The number of hydrogen-bond donors (Lipinski definition) is 6. The second kappa shape index (κ2) is 16.4. The summed E-state index contributed by atoms with van der Waals surface area (Å²) >= 11 is 0. The Morgan fingerprint density at radius 3 is 1.24 bits per heavy atom. The van der Waals surface area contributed by atoms with Gasteiger partial charge in [0, 0.05) is 25.7 Å². The molecule has 12 nitrogen and oxygen atoms in total. The lowest BCUT2D eigenvalue weighted by atomic mass is 9.90. The number of carbonyl (C=O) groups is 2. The summed E-state index contributed by atoms with van der Waals surface area (Å²) in [5.74, 6) is 1.58. The summed E-state index contributed by atoms with van der Waals surface area (Å²) in [5.41, 5.74) is 22.1. The first-order chi connectivity index (χ1) is 24.2. The number of aromatic hydroxyl groups is 2. The average Bonchev–Trinajstić information content (AvgIpc) is 3.07. The Labute approximate surface area is 290 Å². The van der Waals surface area contributed by atoms with Crippen LogP contribution in [0, 0.1) is 0 Å². The number of phenols is 2. The van der Waals surface area contributed by atoms with E-state index in [1.165, 1.54) is 12.4 Å². The SMILES string of the molecule is CCCOc1c2cccc1Cc1cc(/C=N/NC(N)=O)cc(c1O)Cc1cccc(c1OCCC)Cc1cc(/C=N\NC(N)=O)cc(c1O)C2.